The number of rotatable bonds is 5. The lowest BCUT2D eigenvalue weighted by Crippen LogP contribution is -2.28. The largest absolute Gasteiger partial charge is 0.336 e. The highest BCUT2D eigenvalue weighted by Gasteiger charge is 2.21. The van der Waals surface area contributed by atoms with E-state index in [2.05, 4.69) is 25.0 Å². The van der Waals surface area contributed by atoms with Crippen molar-refractivity contribution >= 4 is 28.4 Å². The molecule has 0 bridgehead atoms. The van der Waals surface area contributed by atoms with Crippen LogP contribution in [-0.2, 0) is 13.1 Å². The van der Waals surface area contributed by atoms with E-state index in [9.17, 15) is 4.79 Å². The molecule has 0 spiro atoms. The molecule has 0 aliphatic carbocycles. The molecule has 1 aromatic carbocycles. The van der Waals surface area contributed by atoms with Crippen LogP contribution in [0.15, 0.2) is 42.9 Å². The molecule has 3 heterocycles. The van der Waals surface area contributed by atoms with E-state index in [1.54, 1.807) is 54.8 Å². The second-order valence-electron chi connectivity index (χ2n) is 6.86. The highest BCUT2D eigenvalue weighted by molar-refractivity contribution is 6.31. The number of halogens is 1. The number of aromatic nitrogens is 6. The van der Waals surface area contributed by atoms with Crippen LogP contribution >= 0.6 is 11.6 Å². The van der Waals surface area contributed by atoms with Crippen LogP contribution in [-0.4, -0.2) is 47.6 Å². The number of hydrogen-bond donors (Lipinski definition) is 0. The van der Waals surface area contributed by atoms with Crippen molar-refractivity contribution in [2.45, 2.75) is 26.9 Å². The van der Waals surface area contributed by atoms with Crippen LogP contribution < -0.4 is 0 Å². The summed E-state index contributed by atoms with van der Waals surface area (Å²) in [5.74, 6) is 0.397. The molecule has 9 heteroatoms. The molecule has 0 aliphatic heterocycles. The SMILES string of the molecule is CCn1ncc(CN(C)C(=O)c2nc(-c3ncccn3)nc3ccc(Cl)cc23)c1C. The predicted octanol–water partition coefficient (Wildman–Crippen LogP) is 3.54. The van der Waals surface area contributed by atoms with E-state index in [1.807, 2.05) is 18.5 Å². The summed E-state index contributed by atoms with van der Waals surface area (Å²) in [4.78, 5) is 32.4. The van der Waals surface area contributed by atoms with Crippen molar-refractivity contribution in [3.63, 3.8) is 0 Å². The van der Waals surface area contributed by atoms with E-state index < -0.39 is 0 Å². The minimum Gasteiger partial charge on any atom is -0.336 e. The summed E-state index contributed by atoms with van der Waals surface area (Å²) in [6.07, 6.45) is 5.01. The third-order valence-electron chi connectivity index (χ3n) is 4.88. The Bertz CT molecular complexity index is 1220. The summed E-state index contributed by atoms with van der Waals surface area (Å²) in [5, 5.41) is 5.44. The normalized spacial score (nSPS) is 11.1. The molecule has 4 aromatic rings. The van der Waals surface area contributed by atoms with Crippen LogP contribution in [0.2, 0.25) is 5.02 Å². The van der Waals surface area contributed by atoms with Gasteiger partial charge in [-0.25, -0.2) is 19.9 Å². The smallest absolute Gasteiger partial charge is 0.273 e. The molecule has 0 saturated heterocycles. The highest BCUT2D eigenvalue weighted by Crippen LogP contribution is 2.24. The molecule has 0 unspecified atom stereocenters. The molecule has 0 fully saturated rings. The second kappa shape index (κ2) is 8.16. The summed E-state index contributed by atoms with van der Waals surface area (Å²) in [5.41, 5.74) is 2.87. The molecular formula is C21H20ClN7O. The van der Waals surface area contributed by atoms with Crippen LogP contribution in [0.1, 0.15) is 28.7 Å². The van der Waals surface area contributed by atoms with Crippen molar-refractivity contribution in [3.05, 3.63) is 64.8 Å². The fourth-order valence-corrected chi connectivity index (χ4v) is 3.42. The van der Waals surface area contributed by atoms with Gasteiger partial charge in [0.2, 0.25) is 0 Å². The predicted molar refractivity (Wildman–Crippen MR) is 114 cm³/mol. The Morgan fingerprint density at radius 3 is 2.63 bits per heavy atom. The maximum atomic E-state index is 13.4. The van der Waals surface area contributed by atoms with Gasteiger partial charge < -0.3 is 4.90 Å². The van der Waals surface area contributed by atoms with Crippen LogP contribution in [0.3, 0.4) is 0 Å². The van der Waals surface area contributed by atoms with Crippen molar-refractivity contribution in [3.8, 4) is 11.6 Å². The topological polar surface area (TPSA) is 89.7 Å². The van der Waals surface area contributed by atoms with Gasteiger partial charge in [-0.05, 0) is 38.1 Å². The van der Waals surface area contributed by atoms with E-state index in [0.717, 1.165) is 17.8 Å². The van der Waals surface area contributed by atoms with Gasteiger partial charge in [0.25, 0.3) is 5.91 Å². The number of fused-ring (bicyclic) bond motifs is 1. The minimum atomic E-state index is -0.245. The Morgan fingerprint density at radius 2 is 1.93 bits per heavy atom. The lowest BCUT2D eigenvalue weighted by molar-refractivity contribution is 0.0781. The van der Waals surface area contributed by atoms with Gasteiger partial charge in [0.1, 0.15) is 5.69 Å². The van der Waals surface area contributed by atoms with Gasteiger partial charge in [-0.15, -0.1) is 0 Å². The van der Waals surface area contributed by atoms with Gasteiger partial charge >= 0.3 is 0 Å². The molecule has 0 saturated carbocycles. The number of benzene rings is 1. The molecule has 3 aromatic heterocycles. The Kier molecular flexibility index (Phi) is 5.41. The Morgan fingerprint density at radius 1 is 1.17 bits per heavy atom. The molecule has 30 heavy (non-hydrogen) atoms. The minimum absolute atomic E-state index is 0.245. The summed E-state index contributed by atoms with van der Waals surface area (Å²) in [7, 11) is 1.74. The Balaban J connectivity index is 1.76. The molecule has 8 nitrogen and oxygen atoms in total. The van der Waals surface area contributed by atoms with E-state index in [0.29, 0.717) is 28.3 Å². The van der Waals surface area contributed by atoms with Gasteiger partial charge in [-0.1, -0.05) is 11.6 Å². The lowest BCUT2D eigenvalue weighted by Gasteiger charge is -2.18. The maximum absolute atomic E-state index is 13.4. The quantitative estimate of drug-likeness (QED) is 0.489. The van der Waals surface area contributed by atoms with Crippen molar-refractivity contribution in [2.24, 2.45) is 0 Å². The summed E-state index contributed by atoms with van der Waals surface area (Å²) < 4.78 is 1.90. The van der Waals surface area contributed by atoms with Crippen LogP contribution in [0.4, 0.5) is 0 Å². The number of carbonyl (C=O) groups excluding carboxylic acids is 1. The van der Waals surface area contributed by atoms with Gasteiger partial charge in [-0.2, -0.15) is 5.10 Å². The highest BCUT2D eigenvalue weighted by atomic mass is 35.5. The molecule has 0 radical (unpaired) electrons. The fraction of sp³-hybridized carbons (Fsp3) is 0.238. The number of amides is 1. The third-order valence-corrected chi connectivity index (χ3v) is 5.12. The summed E-state index contributed by atoms with van der Waals surface area (Å²) in [6, 6.07) is 6.90. The van der Waals surface area contributed by atoms with Gasteiger partial charge in [0, 0.05) is 54.2 Å². The standard InChI is InChI=1S/C21H20ClN7O/c1-4-29-13(2)14(11-25-29)12-28(3)21(30)18-16-10-15(22)6-7-17(16)26-20(27-18)19-23-8-5-9-24-19/h5-11H,4,12H2,1-3H3. The zero-order chi connectivity index (χ0) is 21.3. The summed E-state index contributed by atoms with van der Waals surface area (Å²) in [6.45, 7) is 5.21. The number of nitrogens with zero attached hydrogens (tertiary/aromatic N) is 7. The Labute approximate surface area is 178 Å². The average Bonchev–Trinajstić information content (AvgIpc) is 3.12. The lowest BCUT2D eigenvalue weighted by atomic mass is 10.1. The number of carbonyl (C=O) groups is 1. The number of hydrogen-bond acceptors (Lipinski definition) is 6. The second-order valence-corrected chi connectivity index (χ2v) is 7.30. The van der Waals surface area contributed by atoms with Crippen molar-refractivity contribution < 1.29 is 4.79 Å². The van der Waals surface area contributed by atoms with Gasteiger partial charge in [0.15, 0.2) is 11.6 Å². The zero-order valence-corrected chi connectivity index (χ0v) is 17.6. The maximum Gasteiger partial charge on any atom is 0.273 e. The van der Waals surface area contributed by atoms with Crippen molar-refractivity contribution in [1.82, 2.24) is 34.6 Å². The van der Waals surface area contributed by atoms with Crippen LogP contribution in [0, 0.1) is 6.92 Å². The van der Waals surface area contributed by atoms with E-state index in [-0.39, 0.29) is 17.4 Å². The zero-order valence-electron chi connectivity index (χ0n) is 16.9. The fourth-order valence-electron chi connectivity index (χ4n) is 3.25. The van der Waals surface area contributed by atoms with Crippen LogP contribution in [0.5, 0.6) is 0 Å². The van der Waals surface area contributed by atoms with Crippen molar-refractivity contribution in [1.29, 1.82) is 0 Å². The van der Waals surface area contributed by atoms with E-state index >= 15 is 0 Å². The first-order valence-electron chi connectivity index (χ1n) is 9.49. The third kappa shape index (κ3) is 3.73. The first-order chi connectivity index (χ1) is 14.5. The van der Waals surface area contributed by atoms with E-state index in [1.165, 1.54) is 0 Å². The van der Waals surface area contributed by atoms with Crippen molar-refractivity contribution in [2.75, 3.05) is 7.05 Å². The molecule has 1 amide bonds. The van der Waals surface area contributed by atoms with E-state index in [4.69, 9.17) is 11.6 Å². The van der Waals surface area contributed by atoms with Gasteiger partial charge in [-0.3, -0.25) is 9.48 Å². The Hall–Kier alpha value is -3.39. The van der Waals surface area contributed by atoms with Crippen LogP contribution in [0.25, 0.3) is 22.6 Å². The summed E-state index contributed by atoms with van der Waals surface area (Å²) >= 11 is 6.18. The molecule has 0 aliphatic rings. The molecular weight excluding hydrogens is 402 g/mol. The first kappa shape index (κ1) is 19.9. The van der Waals surface area contributed by atoms with Gasteiger partial charge in [0.05, 0.1) is 11.7 Å². The first-order valence-corrected chi connectivity index (χ1v) is 9.87. The number of aryl methyl sites for hydroxylation is 1. The molecule has 0 atom stereocenters. The average molecular weight is 422 g/mol. The molecule has 4 rings (SSSR count). The monoisotopic (exact) mass is 421 g/mol. The molecule has 152 valence electrons. The molecule has 0 N–H and O–H groups in total.